The van der Waals surface area contributed by atoms with Crippen LogP contribution in [0, 0.1) is 6.92 Å². The molecule has 13 heavy (non-hydrogen) atoms. The quantitative estimate of drug-likeness (QED) is 0.751. The van der Waals surface area contributed by atoms with Crippen molar-refractivity contribution in [1.82, 2.24) is 15.2 Å². The third-order valence-corrected chi connectivity index (χ3v) is 1.89. The van der Waals surface area contributed by atoms with Gasteiger partial charge in [-0.1, -0.05) is 6.07 Å². The first-order valence-electron chi connectivity index (χ1n) is 4.23. The van der Waals surface area contributed by atoms with Crippen LogP contribution in [-0.4, -0.2) is 15.2 Å². The van der Waals surface area contributed by atoms with Gasteiger partial charge in [0.25, 0.3) is 0 Å². The number of nitrogens with zero attached hydrogens (tertiary/aromatic N) is 2. The minimum absolute atomic E-state index is 0.894. The molecule has 0 saturated carbocycles. The summed E-state index contributed by atoms with van der Waals surface area (Å²) in [6, 6.07) is 2.14. The number of hydrogen-bond acceptors (Lipinski definition) is 2. The minimum atomic E-state index is 0.894. The fraction of sp³-hybridized carbons (Fsp3) is 0.200. The molecule has 0 aliphatic carbocycles. The molecule has 66 valence electrons. The molecule has 2 heterocycles. The minimum Gasteiger partial charge on any atom is -0.285 e. The van der Waals surface area contributed by atoms with E-state index >= 15 is 0 Å². The first kappa shape index (κ1) is 7.98. The van der Waals surface area contributed by atoms with E-state index in [1.807, 2.05) is 31.7 Å². The molecule has 1 N–H and O–H groups in total. The van der Waals surface area contributed by atoms with Crippen molar-refractivity contribution >= 4 is 0 Å². The van der Waals surface area contributed by atoms with E-state index in [0.717, 1.165) is 6.42 Å². The lowest BCUT2D eigenvalue weighted by atomic mass is 10.1. The molecule has 0 aliphatic rings. The molecule has 0 aromatic carbocycles. The van der Waals surface area contributed by atoms with E-state index in [9.17, 15) is 0 Å². The number of H-pyrrole nitrogens is 1. The van der Waals surface area contributed by atoms with Gasteiger partial charge in [0.2, 0.25) is 0 Å². The van der Waals surface area contributed by atoms with Gasteiger partial charge in [0.15, 0.2) is 0 Å². The summed E-state index contributed by atoms with van der Waals surface area (Å²) in [5.41, 5.74) is 3.61. The summed E-state index contributed by atoms with van der Waals surface area (Å²) >= 11 is 0. The lowest BCUT2D eigenvalue weighted by Crippen LogP contribution is -1.88. The fourth-order valence-corrected chi connectivity index (χ4v) is 1.32. The Hall–Kier alpha value is -1.64. The number of aromatic amines is 1. The zero-order valence-electron chi connectivity index (χ0n) is 7.49. The van der Waals surface area contributed by atoms with Crippen LogP contribution >= 0.6 is 0 Å². The first-order chi connectivity index (χ1) is 6.34. The van der Waals surface area contributed by atoms with Gasteiger partial charge in [-0.3, -0.25) is 10.1 Å². The van der Waals surface area contributed by atoms with Gasteiger partial charge in [0, 0.05) is 25.0 Å². The van der Waals surface area contributed by atoms with Crippen LogP contribution in [-0.2, 0) is 6.42 Å². The van der Waals surface area contributed by atoms with E-state index in [2.05, 4.69) is 21.2 Å². The summed E-state index contributed by atoms with van der Waals surface area (Å²) in [6.45, 7) is 2.05. The van der Waals surface area contributed by atoms with Crippen LogP contribution in [0.4, 0.5) is 0 Å². The molecule has 0 aliphatic heterocycles. The van der Waals surface area contributed by atoms with E-state index in [-0.39, 0.29) is 0 Å². The lowest BCUT2D eigenvalue weighted by molar-refractivity contribution is 1.09. The van der Waals surface area contributed by atoms with Gasteiger partial charge < -0.3 is 0 Å². The molecule has 0 saturated heterocycles. The van der Waals surface area contributed by atoms with Crippen LogP contribution < -0.4 is 0 Å². The predicted molar refractivity (Wildman–Crippen MR) is 50.4 cm³/mol. The summed E-state index contributed by atoms with van der Waals surface area (Å²) in [4.78, 5) is 4.13. The van der Waals surface area contributed by atoms with Crippen molar-refractivity contribution in [2.45, 2.75) is 13.3 Å². The SMILES string of the molecule is Cc1cncc(Cc2cn[nH]c2)c1. The Morgan fingerprint density at radius 3 is 2.85 bits per heavy atom. The molecular formula is C10H11N3. The maximum atomic E-state index is 4.13. The molecule has 2 aromatic heterocycles. The Morgan fingerprint density at radius 2 is 2.15 bits per heavy atom. The average Bonchev–Trinajstić information content (AvgIpc) is 2.57. The Labute approximate surface area is 76.8 Å². The van der Waals surface area contributed by atoms with Crippen LogP contribution in [0.3, 0.4) is 0 Å². The van der Waals surface area contributed by atoms with Crippen LogP contribution in [0.1, 0.15) is 16.7 Å². The summed E-state index contributed by atoms with van der Waals surface area (Å²) in [6.07, 6.45) is 8.38. The number of rotatable bonds is 2. The second-order valence-electron chi connectivity index (χ2n) is 3.15. The zero-order chi connectivity index (χ0) is 9.10. The molecule has 0 unspecified atom stereocenters. The van der Waals surface area contributed by atoms with Gasteiger partial charge >= 0.3 is 0 Å². The molecule has 0 spiro atoms. The van der Waals surface area contributed by atoms with E-state index < -0.39 is 0 Å². The average molecular weight is 173 g/mol. The Kier molecular flexibility index (Phi) is 2.08. The third-order valence-electron chi connectivity index (χ3n) is 1.89. The number of pyridine rings is 1. The topological polar surface area (TPSA) is 41.6 Å². The fourth-order valence-electron chi connectivity index (χ4n) is 1.32. The number of hydrogen-bond donors (Lipinski definition) is 1. The monoisotopic (exact) mass is 173 g/mol. The smallest absolute Gasteiger partial charge is 0.0522 e. The second kappa shape index (κ2) is 3.39. The Morgan fingerprint density at radius 1 is 1.23 bits per heavy atom. The molecule has 3 nitrogen and oxygen atoms in total. The molecule has 0 bridgehead atoms. The molecule has 2 rings (SSSR count). The highest BCUT2D eigenvalue weighted by molar-refractivity contribution is 5.22. The maximum absolute atomic E-state index is 4.13. The van der Waals surface area contributed by atoms with Gasteiger partial charge in [-0.15, -0.1) is 0 Å². The summed E-state index contributed by atoms with van der Waals surface area (Å²) < 4.78 is 0. The van der Waals surface area contributed by atoms with Crippen LogP contribution in [0.5, 0.6) is 0 Å². The number of aromatic nitrogens is 3. The largest absolute Gasteiger partial charge is 0.285 e. The molecule has 2 aromatic rings. The maximum Gasteiger partial charge on any atom is 0.0522 e. The van der Waals surface area contributed by atoms with Crippen molar-refractivity contribution in [3.63, 3.8) is 0 Å². The van der Waals surface area contributed by atoms with E-state index in [4.69, 9.17) is 0 Å². The van der Waals surface area contributed by atoms with E-state index in [1.165, 1.54) is 16.7 Å². The van der Waals surface area contributed by atoms with Crippen molar-refractivity contribution in [3.8, 4) is 0 Å². The van der Waals surface area contributed by atoms with Crippen LogP contribution in [0.15, 0.2) is 30.9 Å². The Balaban J connectivity index is 2.19. The predicted octanol–water partition coefficient (Wildman–Crippen LogP) is 1.70. The molecule has 0 amide bonds. The number of nitrogens with one attached hydrogen (secondary N) is 1. The molecule has 0 fully saturated rings. The van der Waals surface area contributed by atoms with Gasteiger partial charge in [-0.2, -0.15) is 5.10 Å². The van der Waals surface area contributed by atoms with Gasteiger partial charge in [0.05, 0.1) is 6.20 Å². The van der Waals surface area contributed by atoms with Crippen molar-refractivity contribution in [1.29, 1.82) is 0 Å². The van der Waals surface area contributed by atoms with Crippen LogP contribution in [0.2, 0.25) is 0 Å². The molecule has 0 radical (unpaired) electrons. The van der Waals surface area contributed by atoms with Crippen LogP contribution in [0.25, 0.3) is 0 Å². The lowest BCUT2D eigenvalue weighted by Gasteiger charge is -1.98. The second-order valence-corrected chi connectivity index (χ2v) is 3.15. The summed E-state index contributed by atoms with van der Waals surface area (Å²) in [7, 11) is 0. The van der Waals surface area contributed by atoms with Gasteiger partial charge in [0.1, 0.15) is 0 Å². The molecular weight excluding hydrogens is 162 g/mol. The standard InChI is InChI=1S/C10H11N3/c1-8-2-9(5-11-4-8)3-10-6-12-13-7-10/h2,4-7H,3H2,1H3,(H,12,13). The summed E-state index contributed by atoms with van der Waals surface area (Å²) in [5, 5.41) is 6.69. The van der Waals surface area contributed by atoms with Crippen molar-refractivity contribution in [3.05, 3.63) is 47.5 Å². The van der Waals surface area contributed by atoms with E-state index in [0.29, 0.717) is 0 Å². The highest BCUT2D eigenvalue weighted by atomic mass is 15.1. The van der Waals surface area contributed by atoms with Crippen molar-refractivity contribution in [2.75, 3.05) is 0 Å². The molecule has 3 heteroatoms. The highest BCUT2D eigenvalue weighted by Gasteiger charge is 1.97. The third kappa shape index (κ3) is 1.93. The number of aryl methyl sites for hydroxylation is 1. The van der Waals surface area contributed by atoms with Crippen molar-refractivity contribution < 1.29 is 0 Å². The summed E-state index contributed by atoms with van der Waals surface area (Å²) in [5.74, 6) is 0. The highest BCUT2D eigenvalue weighted by Crippen LogP contribution is 2.07. The van der Waals surface area contributed by atoms with Gasteiger partial charge in [-0.25, -0.2) is 0 Å². The first-order valence-corrected chi connectivity index (χ1v) is 4.23. The molecule has 0 atom stereocenters. The Bertz CT molecular complexity index is 379. The zero-order valence-corrected chi connectivity index (χ0v) is 7.49. The van der Waals surface area contributed by atoms with E-state index in [1.54, 1.807) is 0 Å². The van der Waals surface area contributed by atoms with Crippen molar-refractivity contribution in [2.24, 2.45) is 0 Å². The normalized spacial score (nSPS) is 10.2. The van der Waals surface area contributed by atoms with Gasteiger partial charge in [-0.05, 0) is 23.6 Å².